The van der Waals surface area contributed by atoms with Crippen LogP contribution < -0.4 is 0 Å². The number of amides is 1. The second-order valence-electron chi connectivity index (χ2n) is 7.44. The number of rotatable bonds is 4. The molecule has 4 rings (SSSR count). The molecule has 3 aromatic rings. The molecule has 1 aliphatic rings. The van der Waals surface area contributed by atoms with Crippen molar-refractivity contribution < 1.29 is 9.21 Å². The normalized spacial score (nSPS) is 14.9. The minimum atomic E-state index is 0.186. The summed E-state index contributed by atoms with van der Waals surface area (Å²) in [5.74, 6) is 1.17. The second-order valence-corrected chi connectivity index (χ2v) is 7.44. The van der Waals surface area contributed by atoms with Gasteiger partial charge in [-0.25, -0.2) is 0 Å². The Morgan fingerprint density at radius 1 is 1.00 bits per heavy atom. The number of benzene rings is 1. The van der Waals surface area contributed by atoms with Crippen LogP contribution in [0.4, 0.5) is 0 Å². The first-order valence-corrected chi connectivity index (χ1v) is 9.97. The van der Waals surface area contributed by atoms with Crippen molar-refractivity contribution in [2.75, 3.05) is 13.1 Å². The minimum absolute atomic E-state index is 0.186. The van der Waals surface area contributed by atoms with Gasteiger partial charge in [0.2, 0.25) is 17.7 Å². The molecule has 0 N–H and O–H groups in total. The zero-order chi connectivity index (χ0) is 19.5. The lowest BCUT2D eigenvalue weighted by Crippen LogP contribution is -2.35. The van der Waals surface area contributed by atoms with Crippen LogP contribution in [-0.2, 0) is 11.3 Å². The molecule has 0 spiro atoms. The van der Waals surface area contributed by atoms with Crippen LogP contribution in [-0.4, -0.2) is 38.7 Å². The summed E-state index contributed by atoms with van der Waals surface area (Å²) in [6, 6.07) is 11.8. The Bertz CT molecular complexity index is 950. The van der Waals surface area contributed by atoms with E-state index in [0.717, 1.165) is 48.4 Å². The highest BCUT2D eigenvalue weighted by molar-refractivity contribution is 5.77. The van der Waals surface area contributed by atoms with Gasteiger partial charge in [0, 0.05) is 30.0 Å². The first kappa shape index (κ1) is 18.5. The van der Waals surface area contributed by atoms with Crippen molar-refractivity contribution in [2.24, 2.45) is 0 Å². The van der Waals surface area contributed by atoms with Crippen LogP contribution in [0, 0.1) is 13.8 Å². The molecule has 1 aromatic carbocycles. The number of likely N-dealkylation sites (tertiary alicyclic amines) is 1. The maximum atomic E-state index is 12.8. The molecule has 0 radical (unpaired) electrons. The van der Waals surface area contributed by atoms with Gasteiger partial charge >= 0.3 is 0 Å². The summed E-state index contributed by atoms with van der Waals surface area (Å²) >= 11 is 0. The van der Waals surface area contributed by atoms with Crippen LogP contribution >= 0.6 is 0 Å². The highest BCUT2D eigenvalue weighted by atomic mass is 16.4. The molecule has 28 heavy (non-hydrogen) atoms. The van der Waals surface area contributed by atoms with Gasteiger partial charge in [0.05, 0.1) is 5.56 Å². The predicted octanol–water partition coefficient (Wildman–Crippen LogP) is 4.22. The number of carbonyl (C=O) groups excluding carboxylic acids is 1. The van der Waals surface area contributed by atoms with E-state index in [2.05, 4.69) is 14.8 Å². The second kappa shape index (κ2) is 8.00. The Morgan fingerprint density at radius 2 is 1.68 bits per heavy atom. The van der Waals surface area contributed by atoms with E-state index in [1.165, 1.54) is 12.8 Å². The predicted molar refractivity (Wildman–Crippen MR) is 108 cm³/mol. The Kier molecular flexibility index (Phi) is 5.28. The average Bonchev–Trinajstić information content (AvgIpc) is 3.18. The van der Waals surface area contributed by atoms with Gasteiger partial charge in [-0.3, -0.25) is 4.79 Å². The van der Waals surface area contributed by atoms with Crippen LogP contribution in [0.5, 0.6) is 0 Å². The molecular formula is C22H26N4O2. The van der Waals surface area contributed by atoms with Crippen LogP contribution in [0.2, 0.25) is 0 Å². The summed E-state index contributed by atoms with van der Waals surface area (Å²) in [6.45, 7) is 6.12. The van der Waals surface area contributed by atoms with Gasteiger partial charge in [0.15, 0.2) is 0 Å². The maximum Gasteiger partial charge on any atom is 0.249 e. The molecule has 2 aromatic heterocycles. The third-order valence-electron chi connectivity index (χ3n) is 5.50. The zero-order valence-electron chi connectivity index (χ0n) is 16.5. The first-order valence-electron chi connectivity index (χ1n) is 9.97. The number of aromatic nitrogens is 3. The number of nitrogens with zero attached hydrogens (tertiary/aromatic N) is 4. The topological polar surface area (TPSA) is 64.2 Å². The minimum Gasteiger partial charge on any atom is -0.416 e. The molecule has 0 bridgehead atoms. The van der Waals surface area contributed by atoms with E-state index in [0.29, 0.717) is 18.3 Å². The Balaban J connectivity index is 1.56. The Labute approximate surface area is 165 Å². The molecule has 3 heterocycles. The quantitative estimate of drug-likeness (QED) is 0.682. The molecule has 6 heteroatoms. The van der Waals surface area contributed by atoms with Gasteiger partial charge in [-0.2, -0.15) is 0 Å². The van der Waals surface area contributed by atoms with E-state index in [-0.39, 0.29) is 5.91 Å². The molecule has 0 aliphatic carbocycles. The van der Waals surface area contributed by atoms with Crippen LogP contribution in [0.3, 0.4) is 0 Å². The van der Waals surface area contributed by atoms with Gasteiger partial charge < -0.3 is 13.9 Å². The lowest BCUT2D eigenvalue weighted by molar-refractivity contribution is -0.131. The Morgan fingerprint density at radius 3 is 2.39 bits per heavy atom. The standard InChI is InChI=1S/C22H26N4O2/c1-16-14-19(22-24-23-21(28-22)18-10-6-5-7-11-18)17(2)26(16)15-20(27)25-12-8-3-4-9-13-25/h5-7,10-11,14H,3-4,8-9,12-13,15H2,1-2H3. The lowest BCUT2D eigenvalue weighted by atomic mass is 10.2. The van der Waals surface area contributed by atoms with E-state index < -0.39 is 0 Å². The molecular weight excluding hydrogens is 352 g/mol. The number of hydrogen-bond acceptors (Lipinski definition) is 4. The summed E-state index contributed by atoms with van der Waals surface area (Å²) < 4.78 is 7.96. The van der Waals surface area contributed by atoms with Crippen molar-refractivity contribution >= 4 is 5.91 Å². The number of carbonyl (C=O) groups is 1. The molecule has 146 valence electrons. The van der Waals surface area contributed by atoms with Gasteiger partial charge in [-0.05, 0) is 44.9 Å². The highest BCUT2D eigenvalue weighted by Gasteiger charge is 2.21. The third kappa shape index (κ3) is 3.72. The molecule has 0 unspecified atom stereocenters. The van der Waals surface area contributed by atoms with Crippen LogP contribution in [0.1, 0.15) is 37.1 Å². The molecule has 1 fully saturated rings. The van der Waals surface area contributed by atoms with Crippen molar-refractivity contribution in [2.45, 2.75) is 46.1 Å². The molecule has 1 aliphatic heterocycles. The summed E-state index contributed by atoms with van der Waals surface area (Å²) in [6.07, 6.45) is 4.64. The van der Waals surface area contributed by atoms with Crippen LogP contribution in [0.15, 0.2) is 40.8 Å². The van der Waals surface area contributed by atoms with Crippen molar-refractivity contribution in [3.8, 4) is 22.9 Å². The van der Waals surface area contributed by atoms with Gasteiger partial charge in [-0.1, -0.05) is 31.0 Å². The third-order valence-corrected chi connectivity index (χ3v) is 5.50. The van der Waals surface area contributed by atoms with Gasteiger partial charge in [0.1, 0.15) is 6.54 Å². The Hall–Kier alpha value is -2.89. The van der Waals surface area contributed by atoms with Crippen LogP contribution in [0.25, 0.3) is 22.9 Å². The zero-order valence-corrected chi connectivity index (χ0v) is 16.5. The first-order chi connectivity index (χ1) is 13.6. The van der Waals surface area contributed by atoms with Gasteiger partial charge in [-0.15, -0.1) is 10.2 Å². The number of aryl methyl sites for hydroxylation is 1. The molecule has 1 amide bonds. The SMILES string of the molecule is Cc1cc(-c2nnc(-c3ccccc3)o2)c(C)n1CC(=O)N1CCCCCC1. The fraction of sp³-hybridized carbons (Fsp3) is 0.409. The number of hydrogen-bond donors (Lipinski definition) is 0. The molecule has 0 atom stereocenters. The van der Waals surface area contributed by atoms with E-state index in [4.69, 9.17) is 4.42 Å². The molecule has 0 saturated carbocycles. The fourth-order valence-corrected chi connectivity index (χ4v) is 3.85. The largest absolute Gasteiger partial charge is 0.416 e. The van der Waals surface area contributed by atoms with E-state index in [9.17, 15) is 4.79 Å². The molecule has 6 nitrogen and oxygen atoms in total. The molecule has 1 saturated heterocycles. The smallest absolute Gasteiger partial charge is 0.249 e. The van der Waals surface area contributed by atoms with Crippen molar-refractivity contribution in [1.29, 1.82) is 0 Å². The van der Waals surface area contributed by atoms with E-state index in [1.54, 1.807) is 0 Å². The monoisotopic (exact) mass is 378 g/mol. The lowest BCUT2D eigenvalue weighted by Gasteiger charge is -2.21. The maximum absolute atomic E-state index is 12.8. The van der Waals surface area contributed by atoms with E-state index in [1.807, 2.05) is 55.1 Å². The van der Waals surface area contributed by atoms with Gasteiger partial charge in [0.25, 0.3) is 0 Å². The summed E-state index contributed by atoms with van der Waals surface area (Å²) in [5.41, 5.74) is 3.78. The summed E-state index contributed by atoms with van der Waals surface area (Å²) in [4.78, 5) is 14.8. The highest BCUT2D eigenvalue weighted by Crippen LogP contribution is 2.28. The van der Waals surface area contributed by atoms with E-state index >= 15 is 0 Å². The fourth-order valence-electron chi connectivity index (χ4n) is 3.85. The summed E-state index contributed by atoms with van der Waals surface area (Å²) in [7, 11) is 0. The summed E-state index contributed by atoms with van der Waals surface area (Å²) in [5, 5.41) is 8.42. The van der Waals surface area contributed by atoms with Crippen molar-refractivity contribution in [3.63, 3.8) is 0 Å². The average molecular weight is 378 g/mol. The van der Waals surface area contributed by atoms with Crippen molar-refractivity contribution in [3.05, 3.63) is 47.8 Å². The van der Waals surface area contributed by atoms with Crippen molar-refractivity contribution in [1.82, 2.24) is 19.7 Å².